The van der Waals surface area contributed by atoms with Gasteiger partial charge < -0.3 is 14.0 Å². The van der Waals surface area contributed by atoms with Crippen LogP contribution in [0.25, 0.3) is 22.1 Å². The molecule has 1 aromatic heterocycles. The largest absolute Gasteiger partial charge is 0.492 e. The summed E-state index contributed by atoms with van der Waals surface area (Å²) in [6.07, 6.45) is 7.73. The summed E-state index contributed by atoms with van der Waals surface area (Å²) in [6, 6.07) is 15.7. The molecule has 3 rings (SSSR count). The van der Waals surface area contributed by atoms with Crippen LogP contribution in [0.4, 0.5) is 0 Å². The Morgan fingerprint density at radius 3 is 2.67 bits per heavy atom. The summed E-state index contributed by atoms with van der Waals surface area (Å²) >= 11 is 0. The molecule has 0 radical (unpaired) electrons. The summed E-state index contributed by atoms with van der Waals surface area (Å²) in [4.78, 5) is 18.0. The Bertz CT molecular complexity index is 1080. The molecule has 1 heterocycles. The third-order valence-electron chi connectivity index (χ3n) is 4.42. The first kappa shape index (κ1) is 21.0. The van der Waals surface area contributed by atoms with E-state index in [1.807, 2.05) is 67.6 Å². The van der Waals surface area contributed by atoms with E-state index in [2.05, 4.69) is 17.6 Å². The number of methoxy groups -OCH3 is 1. The molecule has 0 saturated carbocycles. The van der Waals surface area contributed by atoms with Gasteiger partial charge in [0.1, 0.15) is 11.3 Å². The summed E-state index contributed by atoms with van der Waals surface area (Å²) in [5.41, 5.74) is 7.54. The number of hydrazine groups is 1. The highest BCUT2D eigenvalue weighted by Gasteiger charge is 2.22. The summed E-state index contributed by atoms with van der Waals surface area (Å²) in [7, 11) is 1.50. The second-order valence-corrected chi connectivity index (χ2v) is 6.32. The van der Waals surface area contributed by atoms with Crippen LogP contribution in [0.2, 0.25) is 0 Å². The third-order valence-corrected chi connectivity index (χ3v) is 4.42. The van der Waals surface area contributed by atoms with Crippen LogP contribution in [0.3, 0.4) is 0 Å². The second kappa shape index (κ2) is 10.1. The zero-order chi connectivity index (χ0) is 21.3. The molecule has 1 amide bonds. The number of benzene rings is 2. The Morgan fingerprint density at radius 2 is 1.97 bits per heavy atom. The first-order chi connectivity index (χ1) is 14.7. The van der Waals surface area contributed by atoms with Gasteiger partial charge in [-0.1, -0.05) is 66.8 Å². The Morgan fingerprint density at radius 1 is 1.17 bits per heavy atom. The normalized spacial score (nSPS) is 11.6. The van der Waals surface area contributed by atoms with E-state index in [0.717, 1.165) is 11.1 Å². The highest BCUT2D eigenvalue weighted by atomic mass is 16.7. The van der Waals surface area contributed by atoms with Crippen molar-refractivity contribution in [2.24, 2.45) is 0 Å². The smallest absolute Gasteiger partial charge is 0.307 e. The summed E-state index contributed by atoms with van der Waals surface area (Å²) in [5.74, 6) is 0.545. The van der Waals surface area contributed by atoms with E-state index < -0.39 is 5.91 Å². The van der Waals surface area contributed by atoms with Crippen LogP contribution in [-0.4, -0.2) is 13.0 Å². The Labute approximate surface area is 175 Å². The minimum atomic E-state index is -0.513. The van der Waals surface area contributed by atoms with Gasteiger partial charge in [-0.2, -0.15) is 0 Å². The average Bonchev–Trinajstić information content (AvgIpc) is 3.16. The van der Waals surface area contributed by atoms with Crippen molar-refractivity contribution in [3.63, 3.8) is 0 Å². The molecular weight excluding hydrogens is 380 g/mol. The van der Waals surface area contributed by atoms with E-state index in [9.17, 15) is 4.79 Å². The zero-order valence-electron chi connectivity index (χ0n) is 17.0. The van der Waals surface area contributed by atoms with Crippen LogP contribution >= 0.6 is 0 Å². The fourth-order valence-electron chi connectivity index (χ4n) is 2.93. The van der Waals surface area contributed by atoms with Gasteiger partial charge in [-0.3, -0.25) is 10.2 Å². The van der Waals surface area contributed by atoms with Gasteiger partial charge >= 0.3 is 5.91 Å². The molecule has 0 spiro atoms. The van der Waals surface area contributed by atoms with E-state index in [1.54, 1.807) is 12.2 Å². The first-order valence-corrected chi connectivity index (χ1v) is 9.48. The van der Waals surface area contributed by atoms with Gasteiger partial charge in [0.25, 0.3) is 0 Å². The maximum atomic E-state index is 12.6. The Balaban J connectivity index is 1.76. The number of nitrogens with one attached hydrogen (secondary N) is 2. The predicted octanol–water partition coefficient (Wildman–Crippen LogP) is 5.31. The standard InChI is InChI=1S/C24H24N2O4/c1-4-6-8-13-19(5-2)30-26-25-24(27)23-22(28-3)20-16-18(14-15-21(20)29-23)17-11-9-7-10-12-17/h4-12,14-16,26H,1,13H2,2-3H3,(H,25,27)/b8-6-,19-5+. The van der Waals surface area contributed by atoms with E-state index in [0.29, 0.717) is 28.9 Å². The monoisotopic (exact) mass is 404 g/mol. The lowest BCUT2D eigenvalue weighted by molar-refractivity contribution is 0.0500. The van der Waals surface area contributed by atoms with Crippen LogP contribution in [0, 0.1) is 0 Å². The number of furan rings is 1. The van der Waals surface area contributed by atoms with Crippen molar-refractivity contribution in [1.82, 2.24) is 11.0 Å². The van der Waals surface area contributed by atoms with Gasteiger partial charge in [-0.25, -0.2) is 0 Å². The van der Waals surface area contributed by atoms with E-state index in [4.69, 9.17) is 14.0 Å². The summed E-state index contributed by atoms with van der Waals surface area (Å²) in [6.45, 7) is 5.46. The fraction of sp³-hybridized carbons (Fsp3) is 0.125. The molecule has 154 valence electrons. The van der Waals surface area contributed by atoms with Crippen molar-refractivity contribution < 1.29 is 18.8 Å². The lowest BCUT2D eigenvalue weighted by Crippen LogP contribution is -2.37. The molecule has 0 aliphatic heterocycles. The zero-order valence-corrected chi connectivity index (χ0v) is 17.0. The Kier molecular flexibility index (Phi) is 7.08. The molecule has 0 aliphatic rings. The van der Waals surface area contributed by atoms with Crippen molar-refractivity contribution in [1.29, 1.82) is 0 Å². The molecule has 6 nitrogen and oxygen atoms in total. The number of hydrogen-bond donors (Lipinski definition) is 2. The maximum absolute atomic E-state index is 12.6. The topological polar surface area (TPSA) is 72.7 Å². The number of amides is 1. The molecule has 0 fully saturated rings. The van der Waals surface area contributed by atoms with Crippen LogP contribution in [0.5, 0.6) is 5.75 Å². The highest BCUT2D eigenvalue weighted by Crippen LogP contribution is 2.35. The number of allylic oxidation sites excluding steroid dienone is 4. The minimum Gasteiger partial charge on any atom is -0.492 e. The van der Waals surface area contributed by atoms with Gasteiger partial charge in [0.05, 0.1) is 12.5 Å². The van der Waals surface area contributed by atoms with Gasteiger partial charge in [0, 0.05) is 6.42 Å². The highest BCUT2D eigenvalue weighted by molar-refractivity contribution is 6.02. The molecule has 6 heteroatoms. The van der Waals surface area contributed by atoms with Crippen molar-refractivity contribution in [2.45, 2.75) is 13.3 Å². The van der Waals surface area contributed by atoms with Crippen LogP contribution in [0.1, 0.15) is 23.9 Å². The molecule has 30 heavy (non-hydrogen) atoms. The van der Waals surface area contributed by atoms with E-state index >= 15 is 0 Å². The van der Waals surface area contributed by atoms with Crippen molar-refractivity contribution in [2.75, 3.05) is 7.11 Å². The molecular formula is C24H24N2O4. The van der Waals surface area contributed by atoms with Crippen LogP contribution in [0.15, 0.2) is 89.6 Å². The number of ether oxygens (including phenoxy) is 1. The van der Waals surface area contributed by atoms with Crippen molar-refractivity contribution >= 4 is 16.9 Å². The number of carbonyl (C=O) groups excluding carboxylic acids is 1. The quantitative estimate of drug-likeness (QED) is 0.287. The van der Waals surface area contributed by atoms with Gasteiger partial charge in [-0.05, 0) is 36.3 Å². The summed E-state index contributed by atoms with van der Waals surface area (Å²) in [5, 5.41) is 0.716. The molecule has 0 saturated heterocycles. The lowest BCUT2D eigenvalue weighted by atomic mass is 10.0. The van der Waals surface area contributed by atoms with E-state index in [1.165, 1.54) is 7.11 Å². The second-order valence-electron chi connectivity index (χ2n) is 6.32. The molecule has 0 unspecified atom stereocenters. The summed E-state index contributed by atoms with van der Waals surface area (Å²) < 4.78 is 11.2. The van der Waals surface area contributed by atoms with Gasteiger partial charge in [0.15, 0.2) is 5.75 Å². The number of fused-ring (bicyclic) bond motifs is 1. The fourth-order valence-corrected chi connectivity index (χ4v) is 2.93. The maximum Gasteiger partial charge on any atom is 0.307 e. The first-order valence-electron chi connectivity index (χ1n) is 9.48. The van der Waals surface area contributed by atoms with Gasteiger partial charge in [0.2, 0.25) is 5.76 Å². The Hall–Kier alpha value is -3.77. The van der Waals surface area contributed by atoms with Gasteiger partial charge in [-0.15, -0.1) is 0 Å². The number of carbonyl (C=O) groups is 1. The molecule has 0 bridgehead atoms. The van der Waals surface area contributed by atoms with Crippen molar-refractivity contribution in [3.8, 4) is 16.9 Å². The SMILES string of the molecule is C=C/C=C\C/C(=C\C)ONNC(=O)c1oc2ccc(-c3ccccc3)cc2c1OC. The molecule has 0 atom stereocenters. The van der Waals surface area contributed by atoms with Crippen LogP contribution in [-0.2, 0) is 4.84 Å². The minimum absolute atomic E-state index is 0.0578. The van der Waals surface area contributed by atoms with Crippen molar-refractivity contribution in [3.05, 3.63) is 90.9 Å². The van der Waals surface area contributed by atoms with Crippen LogP contribution < -0.4 is 15.8 Å². The third kappa shape index (κ3) is 4.79. The van der Waals surface area contributed by atoms with E-state index in [-0.39, 0.29) is 5.76 Å². The lowest BCUT2D eigenvalue weighted by Gasteiger charge is -2.09. The average molecular weight is 404 g/mol. The predicted molar refractivity (Wildman–Crippen MR) is 118 cm³/mol. The molecule has 2 N–H and O–H groups in total. The molecule has 0 aliphatic carbocycles. The molecule has 2 aromatic carbocycles. The number of rotatable bonds is 9. The molecule has 3 aromatic rings. The number of hydrogen-bond acceptors (Lipinski definition) is 5.